The first-order chi connectivity index (χ1) is 8.39. The molecule has 0 saturated carbocycles. The van der Waals surface area contributed by atoms with E-state index in [1.807, 2.05) is 0 Å². The maximum Gasteiger partial charge on any atom is 0.243 e. The van der Waals surface area contributed by atoms with Crippen LogP contribution in [-0.2, 0) is 10.0 Å². The third-order valence-electron chi connectivity index (χ3n) is 3.29. The van der Waals surface area contributed by atoms with Crippen molar-refractivity contribution in [1.82, 2.24) is 4.31 Å². The monoisotopic (exact) mass is 331 g/mol. The van der Waals surface area contributed by atoms with Crippen LogP contribution in [0, 0.1) is 11.8 Å². The van der Waals surface area contributed by atoms with Gasteiger partial charge in [0, 0.05) is 17.6 Å². The Morgan fingerprint density at radius 2 is 1.61 bits per heavy atom. The van der Waals surface area contributed by atoms with Gasteiger partial charge in [-0.1, -0.05) is 29.8 Å². The van der Waals surface area contributed by atoms with Crippen LogP contribution < -0.4 is 0 Å². The zero-order valence-corrected chi connectivity index (χ0v) is 13.0. The summed E-state index contributed by atoms with van der Waals surface area (Å²) < 4.78 is 27.5. The predicted molar refractivity (Wildman–Crippen MR) is 75.8 cm³/mol. The molecule has 0 amide bonds. The van der Waals surface area contributed by atoms with Gasteiger partial charge in [-0.25, -0.2) is 8.42 Å². The molecule has 0 radical (unpaired) electrons. The van der Waals surface area contributed by atoms with Crippen molar-refractivity contribution in [2.45, 2.75) is 25.2 Å². The fourth-order valence-corrected chi connectivity index (χ4v) is 4.50. The average Bonchev–Trinajstić information content (AvgIpc) is 2.28. The smallest absolute Gasteiger partial charge is 0.207 e. The van der Waals surface area contributed by atoms with Crippen molar-refractivity contribution in [3.63, 3.8) is 0 Å². The number of halogens is 1. The number of hydrogen-bond acceptors (Lipinski definition) is 2. The minimum absolute atomic E-state index is 0.381. The molecule has 0 unspecified atom stereocenters. The molecule has 1 aliphatic heterocycles. The number of hydrogen-bond donors (Lipinski definition) is 0. The molecule has 0 spiro atoms. The van der Waals surface area contributed by atoms with Gasteiger partial charge in [0.15, 0.2) is 0 Å². The Balaban J connectivity index is 2.28. The summed E-state index contributed by atoms with van der Waals surface area (Å²) >= 11 is 3.32. The third-order valence-corrected chi connectivity index (χ3v) is 5.66. The van der Waals surface area contributed by atoms with Crippen molar-refractivity contribution in [3.8, 4) is 0 Å². The summed E-state index contributed by atoms with van der Waals surface area (Å²) in [6.07, 6.45) is 1.10. The van der Waals surface area contributed by atoms with Gasteiger partial charge in [0.25, 0.3) is 0 Å². The number of benzene rings is 1. The fourth-order valence-electron chi connectivity index (χ4n) is 2.56. The van der Waals surface area contributed by atoms with Crippen molar-refractivity contribution < 1.29 is 8.42 Å². The van der Waals surface area contributed by atoms with Gasteiger partial charge in [-0.3, -0.25) is 0 Å². The second-order valence-corrected chi connectivity index (χ2v) is 8.08. The number of rotatable bonds is 2. The van der Waals surface area contributed by atoms with Crippen LogP contribution in [0.15, 0.2) is 33.6 Å². The SMILES string of the molecule is C[C@H]1C[C@H](C)CN(S(=O)(=O)c2ccc(Br)cc2)C1. The predicted octanol–water partition coefficient (Wildman–Crippen LogP) is 3.12. The van der Waals surface area contributed by atoms with Crippen LogP contribution in [-0.4, -0.2) is 25.8 Å². The van der Waals surface area contributed by atoms with E-state index < -0.39 is 10.0 Å². The lowest BCUT2D eigenvalue weighted by Gasteiger charge is -2.34. The van der Waals surface area contributed by atoms with Gasteiger partial charge in [0.2, 0.25) is 10.0 Å². The first kappa shape index (κ1) is 14.0. The van der Waals surface area contributed by atoms with Crippen molar-refractivity contribution in [2.24, 2.45) is 11.8 Å². The van der Waals surface area contributed by atoms with E-state index in [2.05, 4.69) is 29.8 Å². The van der Waals surface area contributed by atoms with Crippen LogP contribution in [0.1, 0.15) is 20.3 Å². The molecule has 1 aromatic carbocycles. The zero-order valence-electron chi connectivity index (χ0n) is 10.6. The Labute approximate surface area is 117 Å². The Morgan fingerprint density at radius 1 is 1.11 bits per heavy atom. The van der Waals surface area contributed by atoms with Gasteiger partial charge in [-0.15, -0.1) is 0 Å². The quantitative estimate of drug-likeness (QED) is 0.834. The van der Waals surface area contributed by atoms with Crippen LogP contribution in [0.2, 0.25) is 0 Å². The molecule has 2 atom stereocenters. The Morgan fingerprint density at radius 3 is 2.11 bits per heavy atom. The van der Waals surface area contributed by atoms with E-state index in [1.54, 1.807) is 28.6 Å². The van der Waals surface area contributed by atoms with Gasteiger partial charge >= 0.3 is 0 Å². The van der Waals surface area contributed by atoms with Crippen molar-refractivity contribution in [2.75, 3.05) is 13.1 Å². The topological polar surface area (TPSA) is 37.4 Å². The lowest BCUT2D eigenvalue weighted by atomic mass is 9.94. The summed E-state index contributed by atoms with van der Waals surface area (Å²) in [5.41, 5.74) is 0. The molecule has 1 heterocycles. The molecule has 18 heavy (non-hydrogen) atoms. The molecule has 0 aliphatic carbocycles. The van der Waals surface area contributed by atoms with E-state index in [0.717, 1.165) is 10.9 Å². The van der Waals surface area contributed by atoms with Crippen molar-refractivity contribution >= 4 is 26.0 Å². The summed E-state index contributed by atoms with van der Waals surface area (Å²) in [7, 11) is -3.33. The van der Waals surface area contributed by atoms with Crippen molar-refractivity contribution in [1.29, 1.82) is 0 Å². The van der Waals surface area contributed by atoms with E-state index >= 15 is 0 Å². The molecule has 1 aromatic rings. The molecule has 2 rings (SSSR count). The van der Waals surface area contributed by atoms with Gasteiger partial charge in [0.1, 0.15) is 0 Å². The van der Waals surface area contributed by atoms with Crippen LogP contribution in [0.4, 0.5) is 0 Å². The zero-order chi connectivity index (χ0) is 13.3. The Hall–Kier alpha value is -0.390. The largest absolute Gasteiger partial charge is 0.243 e. The molecule has 3 nitrogen and oxygen atoms in total. The molecule has 1 saturated heterocycles. The first-order valence-corrected chi connectivity index (χ1v) is 8.38. The highest BCUT2D eigenvalue weighted by atomic mass is 79.9. The average molecular weight is 332 g/mol. The maximum absolute atomic E-state index is 12.5. The minimum atomic E-state index is -3.33. The van der Waals surface area contributed by atoms with E-state index in [1.165, 1.54) is 0 Å². The number of sulfonamides is 1. The molecule has 0 N–H and O–H groups in total. The normalized spacial score (nSPS) is 26.2. The molecule has 1 fully saturated rings. The molecular weight excluding hydrogens is 314 g/mol. The first-order valence-electron chi connectivity index (χ1n) is 6.15. The summed E-state index contributed by atoms with van der Waals surface area (Å²) in [6.45, 7) is 5.48. The highest BCUT2D eigenvalue weighted by Gasteiger charge is 2.31. The molecule has 100 valence electrons. The van der Waals surface area contributed by atoms with Crippen LogP contribution >= 0.6 is 15.9 Å². The lowest BCUT2D eigenvalue weighted by molar-refractivity contribution is 0.222. The molecule has 1 aliphatic rings. The summed E-state index contributed by atoms with van der Waals surface area (Å²) in [5, 5.41) is 0. The number of nitrogens with zero attached hydrogens (tertiary/aromatic N) is 1. The van der Waals surface area contributed by atoms with Crippen LogP contribution in [0.25, 0.3) is 0 Å². The van der Waals surface area contributed by atoms with E-state index in [0.29, 0.717) is 29.8 Å². The van der Waals surface area contributed by atoms with E-state index in [4.69, 9.17) is 0 Å². The van der Waals surface area contributed by atoms with E-state index in [9.17, 15) is 8.42 Å². The second-order valence-electron chi connectivity index (χ2n) is 5.22. The molecular formula is C13H18BrNO2S. The molecule has 0 aromatic heterocycles. The Bertz CT molecular complexity index is 502. The van der Waals surface area contributed by atoms with Gasteiger partial charge in [-0.05, 0) is 42.5 Å². The second kappa shape index (κ2) is 5.31. The van der Waals surface area contributed by atoms with Crippen molar-refractivity contribution in [3.05, 3.63) is 28.7 Å². The highest BCUT2D eigenvalue weighted by molar-refractivity contribution is 9.10. The third kappa shape index (κ3) is 2.95. The fraction of sp³-hybridized carbons (Fsp3) is 0.538. The highest BCUT2D eigenvalue weighted by Crippen LogP contribution is 2.27. The Kier molecular flexibility index (Phi) is 4.14. The maximum atomic E-state index is 12.5. The van der Waals surface area contributed by atoms with Crippen LogP contribution in [0.5, 0.6) is 0 Å². The minimum Gasteiger partial charge on any atom is -0.207 e. The standard InChI is InChI=1S/C13H18BrNO2S/c1-10-7-11(2)9-15(8-10)18(16,17)13-5-3-12(14)4-6-13/h3-6,10-11H,7-9H2,1-2H3/t10-,11-/m0/s1. The summed E-state index contributed by atoms with van der Waals surface area (Å²) in [6, 6.07) is 6.85. The van der Waals surface area contributed by atoms with Gasteiger partial charge in [-0.2, -0.15) is 4.31 Å². The summed E-state index contributed by atoms with van der Waals surface area (Å²) in [5.74, 6) is 0.859. The summed E-state index contributed by atoms with van der Waals surface area (Å²) in [4.78, 5) is 0.381. The lowest BCUT2D eigenvalue weighted by Crippen LogP contribution is -2.42. The van der Waals surface area contributed by atoms with Gasteiger partial charge < -0.3 is 0 Å². The van der Waals surface area contributed by atoms with Crippen LogP contribution in [0.3, 0.4) is 0 Å². The van der Waals surface area contributed by atoms with Gasteiger partial charge in [0.05, 0.1) is 4.90 Å². The number of piperidine rings is 1. The van der Waals surface area contributed by atoms with E-state index in [-0.39, 0.29) is 0 Å². The molecule has 0 bridgehead atoms. The molecule has 5 heteroatoms.